The molecule has 0 saturated heterocycles. The van der Waals surface area contributed by atoms with Gasteiger partial charge in [0.15, 0.2) is 5.96 Å². The first-order valence-electron chi connectivity index (χ1n) is 9.47. The van der Waals surface area contributed by atoms with Crippen molar-refractivity contribution in [3.8, 4) is 0 Å². The fourth-order valence-electron chi connectivity index (χ4n) is 2.98. The number of carbonyl (C=O) groups excluding carboxylic acids is 1. The first-order valence-corrected chi connectivity index (χ1v) is 9.47. The van der Waals surface area contributed by atoms with Gasteiger partial charge < -0.3 is 15.8 Å². The Morgan fingerprint density at radius 3 is 2.46 bits per heavy atom. The lowest BCUT2D eigenvalue weighted by molar-refractivity contribution is 0.0636. The monoisotopic (exact) mass is 360 g/mol. The molecule has 0 spiro atoms. The Kier molecular flexibility index (Phi) is 7.30. The second kappa shape index (κ2) is 9.46. The molecule has 0 aromatic heterocycles. The lowest BCUT2D eigenvalue weighted by Crippen LogP contribution is -2.41. The van der Waals surface area contributed by atoms with Crippen LogP contribution in [-0.4, -0.2) is 30.2 Å². The lowest BCUT2D eigenvalue weighted by Gasteiger charge is -2.23. The summed E-state index contributed by atoms with van der Waals surface area (Å²) in [6.45, 7) is 6.16. The standard InChI is InChI=1S/C20H32N4O2/c1-20(2,3)26-19(25)24-17-11-9-15(10-12-17)13-14-22-18(21)23-16-7-5-4-6-8-16/h9-12,16H,4-8,13-14H2,1-3H3,(H,24,25)(H3,21,22,23). The van der Waals surface area contributed by atoms with Gasteiger partial charge in [-0.25, -0.2) is 4.79 Å². The number of nitrogens with one attached hydrogen (secondary N) is 2. The molecule has 1 aliphatic carbocycles. The minimum absolute atomic E-state index is 0.448. The molecule has 1 aromatic rings. The van der Waals surface area contributed by atoms with E-state index in [1.54, 1.807) is 0 Å². The van der Waals surface area contributed by atoms with Crippen LogP contribution in [-0.2, 0) is 11.2 Å². The zero-order valence-electron chi connectivity index (χ0n) is 16.2. The summed E-state index contributed by atoms with van der Waals surface area (Å²) in [5.74, 6) is 0.542. The van der Waals surface area contributed by atoms with Crippen LogP contribution in [0.5, 0.6) is 0 Å². The van der Waals surface area contributed by atoms with Crippen LogP contribution in [0.15, 0.2) is 29.3 Å². The van der Waals surface area contributed by atoms with Crippen LogP contribution in [0.1, 0.15) is 58.4 Å². The summed E-state index contributed by atoms with van der Waals surface area (Å²) in [5, 5.41) is 6.05. The van der Waals surface area contributed by atoms with Crippen molar-refractivity contribution >= 4 is 17.7 Å². The second-order valence-electron chi connectivity index (χ2n) is 7.82. The van der Waals surface area contributed by atoms with E-state index in [2.05, 4.69) is 15.6 Å². The number of benzene rings is 1. The predicted octanol–water partition coefficient (Wildman–Crippen LogP) is 3.81. The minimum atomic E-state index is -0.506. The Labute approximate surface area is 156 Å². The maximum Gasteiger partial charge on any atom is 0.412 e. The van der Waals surface area contributed by atoms with Gasteiger partial charge in [-0.3, -0.25) is 10.3 Å². The average molecular weight is 361 g/mol. The Hall–Kier alpha value is -2.24. The molecule has 0 aliphatic heterocycles. The van der Waals surface area contributed by atoms with Crippen molar-refractivity contribution in [3.63, 3.8) is 0 Å². The third kappa shape index (κ3) is 7.76. The molecule has 26 heavy (non-hydrogen) atoms. The highest BCUT2D eigenvalue weighted by Gasteiger charge is 2.16. The van der Waals surface area contributed by atoms with Crippen molar-refractivity contribution in [1.82, 2.24) is 5.32 Å². The van der Waals surface area contributed by atoms with Gasteiger partial charge in [0, 0.05) is 18.3 Å². The highest BCUT2D eigenvalue weighted by atomic mass is 16.6. The number of nitrogens with zero attached hydrogens (tertiary/aromatic N) is 1. The maximum absolute atomic E-state index is 11.8. The lowest BCUT2D eigenvalue weighted by atomic mass is 9.96. The van der Waals surface area contributed by atoms with Crippen molar-refractivity contribution < 1.29 is 9.53 Å². The van der Waals surface area contributed by atoms with Crippen LogP contribution in [0.4, 0.5) is 10.5 Å². The quantitative estimate of drug-likeness (QED) is 0.550. The van der Waals surface area contributed by atoms with Gasteiger partial charge in [-0.2, -0.15) is 0 Å². The van der Waals surface area contributed by atoms with E-state index in [1.165, 1.54) is 32.1 Å². The Morgan fingerprint density at radius 1 is 1.19 bits per heavy atom. The number of hydrogen-bond acceptors (Lipinski definition) is 3. The number of hydrogen-bond donors (Lipinski definition) is 3. The molecule has 0 heterocycles. The van der Waals surface area contributed by atoms with Crippen LogP contribution >= 0.6 is 0 Å². The highest BCUT2D eigenvalue weighted by Crippen LogP contribution is 2.17. The van der Waals surface area contributed by atoms with E-state index in [4.69, 9.17) is 10.5 Å². The van der Waals surface area contributed by atoms with Gasteiger partial charge in [-0.15, -0.1) is 0 Å². The molecule has 1 aliphatic rings. The van der Waals surface area contributed by atoms with Crippen LogP contribution in [0.2, 0.25) is 0 Å². The molecule has 0 bridgehead atoms. The fraction of sp³-hybridized carbons (Fsp3) is 0.600. The largest absolute Gasteiger partial charge is 0.444 e. The summed E-state index contributed by atoms with van der Waals surface area (Å²) in [4.78, 5) is 16.2. The van der Waals surface area contributed by atoms with Crippen molar-refractivity contribution in [2.45, 2.75) is 70.9 Å². The van der Waals surface area contributed by atoms with Gasteiger partial charge in [0.05, 0.1) is 0 Å². The van der Waals surface area contributed by atoms with Crippen molar-refractivity contribution in [1.29, 1.82) is 0 Å². The number of carbonyl (C=O) groups is 1. The predicted molar refractivity (Wildman–Crippen MR) is 107 cm³/mol. The summed E-state index contributed by atoms with van der Waals surface area (Å²) < 4.78 is 5.24. The first kappa shape index (κ1) is 20.1. The molecule has 2 rings (SSSR count). The average Bonchev–Trinajstić information content (AvgIpc) is 2.55. The van der Waals surface area contributed by atoms with Gasteiger partial charge in [-0.05, 0) is 57.7 Å². The van der Waals surface area contributed by atoms with Crippen molar-refractivity contribution in [2.75, 3.05) is 11.9 Å². The van der Waals surface area contributed by atoms with Crippen LogP contribution in [0.25, 0.3) is 0 Å². The summed E-state index contributed by atoms with van der Waals surface area (Å²) in [6.07, 6.45) is 6.60. The van der Waals surface area contributed by atoms with Crippen molar-refractivity contribution in [3.05, 3.63) is 29.8 Å². The summed E-state index contributed by atoms with van der Waals surface area (Å²) in [7, 11) is 0. The van der Waals surface area contributed by atoms with E-state index in [0.29, 0.717) is 24.2 Å². The second-order valence-corrected chi connectivity index (χ2v) is 7.82. The van der Waals surface area contributed by atoms with Gasteiger partial charge >= 0.3 is 6.09 Å². The van der Waals surface area contributed by atoms with Crippen LogP contribution < -0.4 is 16.4 Å². The van der Waals surface area contributed by atoms with E-state index in [9.17, 15) is 4.79 Å². The Morgan fingerprint density at radius 2 is 1.85 bits per heavy atom. The SMILES string of the molecule is CC(C)(C)OC(=O)Nc1ccc(CCN=C(N)NC2CCCCC2)cc1. The summed E-state index contributed by atoms with van der Waals surface area (Å²) in [5.41, 5.74) is 7.33. The van der Waals surface area contributed by atoms with Crippen molar-refractivity contribution in [2.24, 2.45) is 10.7 Å². The summed E-state index contributed by atoms with van der Waals surface area (Å²) in [6, 6.07) is 8.17. The fourth-order valence-corrected chi connectivity index (χ4v) is 2.98. The molecule has 1 amide bonds. The molecular formula is C20H32N4O2. The van der Waals surface area contributed by atoms with E-state index < -0.39 is 11.7 Å². The van der Waals surface area contributed by atoms with Gasteiger partial charge in [0.1, 0.15) is 5.60 Å². The normalized spacial score (nSPS) is 16.2. The molecule has 0 atom stereocenters. The third-order valence-electron chi connectivity index (χ3n) is 4.24. The molecule has 0 unspecified atom stereocenters. The zero-order chi connectivity index (χ0) is 19.0. The minimum Gasteiger partial charge on any atom is -0.444 e. The highest BCUT2D eigenvalue weighted by molar-refractivity contribution is 5.84. The smallest absolute Gasteiger partial charge is 0.412 e. The van der Waals surface area contributed by atoms with Gasteiger partial charge in [0.2, 0.25) is 0 Å². The number of aliphatic imine (C=N–C) groups is 1. The van der Waals surface area contributed by atoms with Crippen LogP contribution in [0, 0.1) is 0 Å². The van der Waals surface area contributed by atoms with E-state index in [1.807, 2.05) is 45.0 Å². The number of ether oxygens (including phenoxy) is 1. The van der Waals surface area contributed by atoms with Gasteiger partial charge in [-0.1, -0.05) is 31.4 Å². The molecule has 1 saturated carbocycles. The molecule has 6 nitrogen and oxygen atoms in total. The number of guanidine groups is 1. The third-order valence-corrected chi connectivity index (χ3v) is 4.24. The van der Waals surface area contributed by atoms with Gasteiger partial charge in [0.25, 0.3) is 0 Å². The molecular weight excluding hydrogens is 328 g/mol. The Balaban J connectivity index is 1.74. The first-order chi connectivity index (χ1) is 12.3. The Bertz CT molecular complexity index is 599. The number of rotatable bonds is 5. The number of amides is 1. The zero-order valence-corrected chi connectivity index (χ0v) is 16.2. The number of anilines is 1. The molecule has 1 aromatic carbocycles. The molecule has 4 N–H and O–H groups in total. The van der Waals surface area contributed by atoms with E-state index >= 15 is 0 Å². The maximum atomic E-state index is 11.8. The molecule has 144 valence electrons. The molecule has 0 radical (unpaired) electrons. The topological polar surface area (TPSA) is 88.7 Å². The summed E-state index contributed by atoms with van der Waals surface area (Å²) >= 11 is 0. The molecule has 6 heteroatoms. The molecule has 1 fully saturated rings. The van der Waals surface area contributed by atoms with E-state index in [-0.39, 0.29) is 0 Å². The van der Waals surface area contributed by atoms with Crippen LogP contribution in [0.3, 0.4) is 0 Å². The van der Waals surface area contributed by atoms with E-state index in [0.717, 1.165) is 12.0 Å². The number of nitrogens with two attached hydrogens (primary N) is 1.